The van der Waals surface area contributed by atoms with Gasteiger partial charge in [-0.3, -0.25) is 4.79 Å². The topological polar surface area (TPSA) is 38.1 Å². The van der Waals surface area contributed by atoms with Crippen LogP contribution >= 0.6 is 0 Å². The summed E-state index contributed by atoms with van der Waals surface area (Å²) < 4.78 is 2.09. The lowest BCUT2D eigenvalue weighted by Crippen LogP contribution is -2.34. The number of rotatable bonds is 2. The molecule has 1 aliphatic heterocycles. The molecule has 1 aromatic rings. The number of hydrogen-bond donors (Lipinski definition) is 0. The Hall–Kier alpha value is -1.32. The zero-order valence-electron chi connectivity index (χ0n) is 11.6. The zero-order valence-corrected chi connectivity index (χ0v) is 11.6. The molecule has 0 bridgehead atoms. The second-order valence-corrected chi connectivity index (χ2v) is 5.77. The van der Waals surface area contributed by atoms with Crippen molar-refractivity contribution in [2.24, 2.45) is 0 Å². The molecule has 1 aromatic heterocycles. The molecule has 1 fully saturated rings. The van der Waals surface area contributed by atoms with Crippen LogP contribution < -0.4 is 0 Å². The van der Waals surface area contributed by atoms with Crippen LogP contribution in [0.25, 0.3) is 0 Å². The molecular formula is C15H23N3O. The molecule has 4 nitrogen and oxygen atoms in total. The van der Waals surface area contributed by atoms with Gasteiger partial charge in [-0.1, -0.05) is 12.8 Å². The van der Waals surface area contributed by atoms with Gasteiger partial charge in [0.05, 0.1) is 12.0 Å². The maximum atomic E-state index is 12.4. The van der Waals surface area contributed by atoms with Crippen LogP contribution in [0.5, 0.6) is 0 Å². The summed E-state index contributed by atoms with van der Waals surface area (Å²) in [7, 11) is 0. The van der Waals surface area contributed by atoms with Gasteiger partial charge in [0.1, 0.15) is 6.54 Å². The van der Waals surface area contributed by atoms with Gasteiger partial charge in [0.2, 0.25) is 5.91 Å². The first kappa shape index (κ1) is 12.7. The number of amides is 1. The Morgan fingerprint density at radius 2 is 1.79 bits per heavy atom. The zero-order chi connectivity index (χ0) is 13.1. The van der Waals surface area contributed by atoms with Gasteiger partial charge in [-0.15, -0.1) is 0 Å². The standard InChI is InChI=1S/C15H23N3O/c19-15(17-9-5-1-2-6-10-17)11-18-12-16-13-7-3-4-8-14(13)18/h12H,1-11H2. The Bertz CT molecular complexity index is 444. The van der Waals surface area contributed by atoms with Gasteiger partial charge in [-0.05, 0) is 38.5 Å². The van der Waals surface area contributed by atoms with Crippen LogP contribution in [-0.2, 0) is 24.2 Å². The normalized spacial score (nSPS) is 19.9. The average molecular weight is 261 g/mol. The third kappa shape index (κ3) is 2.82. The van der Waals surface area contributed by atoms with Crippen molar-refractivity contribution in [2.45, 2.75) is 57.9 Å². The van der Waals surface area contributed by atoms with E-state index in [1.54, 1.807) is 0 Å². The number of fused-ring (bicyclic) bond motifs is 1. The predicted molar refractivity (Wildman–Crippen MR) is 73.9 cm³/mol. The smallest absolute Gasteiger partial charge is 0.242 e. The van der Waals surface area contributed by atoms with Crippen molar-refractivity contribution in [3.63, 3.8) is 0 Å². The summed E-state index contributed by atoms with van der Waals surface area (Å²) in [5.41, 5.74) is 2.52. The number of likely N-dealkylation sites (tertiary alicyclic amines) is 1. The van der Waals surface area contributed by atoms with E-state index in [1.165, 1.54) is 37.1 Å². The lowest BCUT2D eigenvalue weighted by Gasteiger charge is -2.21. The van der Waals surface area contributed by atoms with E-state index in [1.807, 2.05) is 11.2 Å². The van der Waals surface area contributed by atoms with E-state index in [0.717, 1.165) is 38.8 Å². The molecule has 0 aromatic carbocycles. The summed E-state index contributed by atoms with van der Waals surface area (Å²) >= 11 is 0. The summed E-state index contributed by atoms with van der Waals surface area (Å²) in [6.45, 7) is 2.37. The molecule has 104 valence electrons. The van der Waals surface area contributed by atoms with Crippen LogP contribution in [-0.4, -0.2) is 33.4 Å². The summed E-state index contributed by atoms with van der Waals surface area (Å²) in [5.74, 6) is 0.271. The van der Waals surface area contributed by atoms with Gasteiger partial charge < -0.3 is 9.47 Å². The lowest BCUT2D eigenvalue weighted by molar-refractivity contribution is -0.131. The predicted octanol–water partition coefficient (Wildman–Crippen LogP) is 2.16. The third-order valence-corrected chi connectivity index (χ3v) is 4.37. The summed E-state index contributed by atoms with van der Waals surface area (Å²) in [5, 5.41) is 0. The number of carbonyl (C=O) groups excluding carboxylic acids is 1. The SMILES string of the molecule is O=C(Cn1cnc2c1CCCC2)N1CCCCCC1. The molecule has 0 unspecified atom stereocenters. The highest BCUT2D eigenvalue weighted by molar-refractivity contribution is 5.76. The highest BCUT2D eigenvalue weighted by Gasteiger charge is 2.20. The van der Waals surface area contributed by atoms with E-state index >= 15 is 0 Å². The van der Waals surface area contributed by atoms with Gasteiger partial charge in [-0.2, -0.15) is 0 Å². The fraction of sp³-hybridized carbons (Fsp3) is 0.733. The molecular weight excluding hydrogens is 238 g/mol. The van der Waals surface area contributed by atoms with Gasteiger partial charge in [-0.25, -0.2) is 4.98 Å². The maximum Gasteiger partial charge on any atom is 0.242 e. The number of aromatic nitrogens is 2. The number of carbonyl (C=O) groups is 1. The van der Waals surface area contributed by atoms with Crippen LogP contribution in [0, 0.1) is 0 Å². The fourth-order valence-corrected chi connectivity index (χ4v) is 3.23. The molecule has 3 rings (SSSR count). The molecule has 4 heteroatoms. The quantitative estimate of drug-likeness (QED) is 0.818. The van der Waals surface area contributed by atoms with Gasteiger partial charge in [0.25, 0.3) is 0 Å². The number of hydrogen-bond acceptors (Lipinski definition) is 2. The summed E-state index contributed by atoms with van der Waals surface area (Å²) in [4.78, 5) is 18.9. The number of aryl methyl sites for hydroxylation is 1. The third-order valence-electron chi connectivity index (χ3n) is 4.37. The first-order chi connectivity index (χ1) is 9.34. The van der Waals surface area contributed by atoms with E-state index in [4.69, 9.17) is 0 Å². The number of nitrogens with zero attached hydrogens (tertiary/aromatic N) is 3. The molecule has 2 aliphatic rings. The van der Waals surface area contributed by atoms with Crippen molar-refractivity contribution < 1.29 is 4.79 Å². The Morgan fingerprint density at radius 1 is 1.05 bits per heavy atom. The minimum atomic E-state index is 0.271. The monoisotopic (exact) mass is 261 g/mol. The number of imidazole rings is 1. The van der Waals surface area contributed by atoms with E-state index in [-0.39, 0.29) is 5.91 Å². The Kier molecular flexibility index (Phi) is 3.85. The molecule has 2 heterocycles. The van der Waals surface area contributed by atoms with E-state index < -0.39 is 0 Å². The van der Waals surface area contributed by atoms with Gasteiger partial charge >= 0.3 is 0 Å². The van der Waals surface area contributed by atoms with Crippen LogP contribution in [0.15, 0.2) is 6.33 Å². The first-order valence-corrected chi connectivity index (χ1v) is 7.65. The minimum Gasteiger partial charge on any atom is -0.341 e. The van der Waals surface area contributed by atoms with E-state index in [2.05, 4.69) is 9.55 Å². The van der Waals surface area contributed by atoms with Crippen molar-refractivity contribution in [1.82, 2.24) is 14.5 Å². The first-order valence-electron chi connectivity index (χ1n) is 7.65. The minimum absolute atomic E-state index is 0.271. The highest BCUT2D eigenvalue weighted by atomic mass is 16.2. The van der Waals surface area contributed by atoms with Crippen LogP contribution in [0.1, 0.15) is 49.9 Å². The van der Waals surface area contributed by atoms with Crippen molar-refractivity contribution in [3.05, 3.63) is 17.7 Å². The summed E-state index contributed by atoms with van der Waals surface area (Å²) in [6.07, 6.45) is 11.4. The van der Waals surface area contributed by atoms with Gasteiger partial charge in [0.15, 0.2) is 0 Å². The molecule has 1 saturated heterocycles. The van der Waals surface area contributed by atoms with Crippen molar-refractivity contribution in [2.75, 3.05) is 13.1 Å². The molecule has 19 heavy (non-hydrogen) atoms. The van der Waals surface area contributed by atoms with Crippen molar-refractivity contribution >= 4 is 5.91 Å². The molecule has 1 amide bonds. The Morgan fingerprint density at radius 3 is 2.58 bits per heavy atom. The molecule has 0 atom stereocenters. The Balaban J connectivity index is 1.67. The van der Waals surface area contributed by atoms with Gasteiger partial charge in [0, 0.05) is 18.8 Å². The Labute approximate surface area is 114 Å². The van der Waals surface area contributed by atoms with Crippen molar-refractivity contribution in [3.8, 4) is 0 Å². The second-order valence-electron chi connectivity index (χ2n) is 5.77. The molecule has 0 radical (unpaired) electrons. The van der Waals surface area contributed by atoms with Crippen molar-refractivity contribution in [1.29, 1.82) is 0 Å². The van der Waals surface area contributed by atoms with E-state index in [0.29, 0.717) is 6.54 Å². The van der Waals surface area contributed by atoms with Crippen LogP contribution in [0.2, 0.25) is 0 Å². The molecule has 0 spiro atoms. The average Bonchev–Trinajstić information content (AvgIpc) is 2.66. The lowest BCUT2D eigenvalue weighted by atomic mass is 10.0. The van der Waals surface area contributed by atoms with Crippen LogP contribution in [0.3, 0.4) is 0 Å². The fourth-order valence-electron chi connectivity index (χ4n) is 3.23. The molecule has 1 aliphatic carbocycles. The second kappa shape index (κ2) is 5.76. The largest absolute Gasteiger partial charge is 0.341 e. The summed E-state index contributed by atoms with van der Waals surface area (Å²) in [6, 6.07) is 0. The highest BCUT2D eigenvalue weighted by Crippen LogP contribution is 2.20. The molecule has 0 N–H and O–H groups in total. The maximum absolute atomic E-state index is 12.4. The van der Waals surface area contributed by atoms with E-state index in [9.17, 15) is 4.79 Å². The molecule has 0 saturated carbocycles. The van der Waals surface area contributed by atoms with Crippen LogP contribution in [0.4, 0.5) is 0 Å².